The second kappa shape index (κ2) is 9.45. The van der Waals surface area contributed by atoms with Gasteiger partial charge in [-0.2, -0.15) is 0 Å². The van der Waals surface area contributed by atoms with Gasteiger partial charge >= 0.3 is 5.69 Å². The van der Waals surface area contributed by atoms with Crippen molar-refractivity contribution < 1.29 is 0 Å². The number of rotatable bonds is 0. The van der Waals surface area contributed by atoms with Gasteiger partial charge in [-0.1, -0.05) is 56.7 Å². The molecule has 156 valence electrons. The molecule has 5 rings (SSSR count). The number of imidazole rings is 1. The summed E-state index contributed by atoms with van der Waals surface area (Å²) < 4.78 is 1.59. The number of benzene rings is 2. The molecule has 1 N–H and O–H groups in total. The molecule has 1 atom stereocenters. The SMILES string of the molecule is CC.CN1CCCCC12CCc1ccccc1C2.Cn1c(=O)[nH]c2ccccc21. The maximum Gasteiger partial charge on any atom is 0.326 e. The number of fused-ring (bicyclic) bond motifs is 2. The van der Waals surface area contributed by atoms with Crippen LogP contribution in [0.4, 0.5) is 0 Å². The highest BCUT2D eigenvalue weighted by Crippen LogP contribution is 2.38. The van der Waals surface area contributed by atoms with Crippen LogP contribution in [0.1, 0.15) is 50.7 Å². The number of piperidine rings is 1. The van der Waals surface area contributed by atoms with E-state index in [4.69, 9.17) is 0 Å². The fourth-order valence-corrected chi connectivity index (χ4v) is 4.73. The summed E-state index contributed by atoms with van der Waals surface area (Å²) in [4.78, 5) is 16.4. The topological polar surface area (TPSA) is 41.0 Å². The third kappa shape index (κ3) is 4.48. The number of nitrogens with one attached hydrogen (secondary N) is 1. The van der Waals surface area contributed by atoms with E-state index in [1.54, 1.807) is 22.7 Å². The third-order valence-electron chi connectivity index (χ3n) is 6.50. The van der Waals surface area contributed by atoms with Gasteiger partial charge in [0.05, 0.1) is 11.0 Å². The number of likely N-dealkylation sites (N-methyl/N-ethyl adjacent to an activating group) is 1. The van der Waals surface area contributed by atoms with E-state index in [1.165, 1.54) is 45.1 Å². The molecule has 1 aliphatic heterocycles. The van der Waals surface area contributed by atoms with Gasteiger partial charge in [0.2, 0.25) is 0 Å². The van der Waals surface area contributed by atoms with Gasteiger partial charge in [0.1, 0.15) is 0 Å². The minimum atomic E-state index is -0.0637. The molecule has 2 heterocycles. The van der Waals surface area contributed by atoms with Gasteiger partial charge in [-0.3, -0.25) is 4.57 Å². The Morgan fingerprint density at radius 1 is 0.897 bits per heavy atom. The average Bonchev–Trinajstić information content (AvgIpc) is 3.06. The molecule has 1 unspecified atom stereocenters. The molecule has 1 spiro atoms. The predicted octanol–water partition coefficient (Wildman–Crippen LogP) is 4.92. The van der Waals surface area contributed by atoms with Crippen molar-refractivity contribution in [2.24, 2.45) is 7.05 Å². The van der Waals surface area contributed by atoms with Crippen molar-refractivity contribution in [3.8, 4) is 0 Å². The number of aromatic nitrogens is 2. The number of aromatic amines is 1. The lowest BCUT2D eigenvalue weighted by molar-refractivity contribution is 0.0593. The largest absolute Gasteiger partial charge is 0.326 e. The van der Waals surface area contributed by atoms with E-state index >= 15 is 0 Å². The number of aryl methyl sites for hydroxylation is 2. The van der Waals surface area contributed by atoms with Crippen LogP contribution in [-0.4, -0.2) is 33.6 Å². The molecule has 1 fully saturated rings. The maximum absolute atomic E-state index is 11.0. The molecule has 0 amide bonds. The molecule has 0 saturated carbocycles. The predicted molar refractivity (Wildman–Crippen MR) is 123 cm³/mol. The summed E-state index contributed by atoms with van der Waals surface area (Å²) >= 11 is 0. The van der Waals surface area contributed by atoms with Gasteiger partial charge in [-0.05, 0) is 69.0 Å². The van der Waals surface area contributed by atoms with Crippen molar-refractivity contribution in [3.63, 3.8) is 0 Å². The van der Waals surface area contributed by atoms with Crippen LogP contribution < -0.4 is 5.69 Å². The molecular weight excluding hydrogens is 358 g/mol. The normalized spacial score (nSPS) is 21.0. The highest BCUT2D eigenvalue weighted by molar-refractivity contribution is 5.74. The highest BCUT2D eigenvalue weighted by atomic mass is 16.1. The van der Waals surface area contributed by atoms with E-state index in [0.717, 1.165) is 11.0 Å². The highest BCUT2D eigenvalue weighted by Gasteiger charge is 2.38. The Kier molecular flexibility index (Phi) is 6.96. The standard InChI is InChI=1S/C15H21N.C8H8N2O.C2H6/c1-16-11-5-4-9-15(16)10-8-13-6-2-3-7-14(13)12-15;1-10-7-5-3-2-4-6(7)9-8(10)11;1-2/h2-3,6-7H,4-5,8-12H2,1H3;2-5H,1H3,(H,9,11);1-2H3. The van der Waals surface area contributed by atoms with Crippen LogP contribution in [0.3, 0.4) is 0 Å². The molecule has 2 aliphatic rings. The van der Waals surface area contributed by atoms with Crippen LogP contribution in [0.15, 0.2) is 53.3 Å². The van der Waals surface area contributed by atoms with Crippen LogP contribution >= 0.6 is 0 Å². The van der Waals surface area contributed by atoms with E-state index in [9.17, 15) is 4.79 Å². The summed E-state index contributed by atoms with van der Waals surface area (Å²) in [5.41, 5.74) is 5.45. The molecule has 1 aliphatic carbocycles. The van der Waals surface area contributed by atoms with Gasteiger partial charge < -0.3 is 9.88 Å². The smallest absolute Gasteiger partial charge is 0.306 e. The van der Waals surface area contributed by atoms with Crippen molar-refractivity contribution in [1.82, 2.24) is 14.5 Å². The van der Waals surface area contributed by atoms with Gasteiger partial charge in [0.15, 0.2) is 0 Å². The van der Waals surface area contributed by atoms with E-state index in [1.807, 2.05) is 38.1 Å². The minimum Gasteiger partial charge on any atom is -0.306 e. The van der Waals surface area contributed by atoms with E-state index in [2.05, 4.69) is 41.2 Å². The first-order valence-electron chi connectivity index (χ1n) is 11.0. The molecule has 0 bridgehead atoms. The van der Waals surface area contributed by atoms with E-state index in [0.29, 0.717) is 5.54 Å². The number of likely N-dealkylation sites (tertiary alicyclic amines) is 1. The van der Waals surface area contributed by atoms with Crippen molar-refractivity contribution in [3.05, 3.63) is 70.1 Å². The molecule has 0 radical (unpaired) electrons. The fraction of sp³-hybridized carbons (Fsp3) is 0.480. The Morgan fingerprint density at radius 2 is 1.59 bits per heavy atom. The average molecular weight is 394 g/mol. The molecular formula is C25H35N3O. The van der Waals surface area contributed by atoms with Crippen LogP contribution in [0.25, 0.3) is 11.0 Å². The zero-order chi connectivity index (χ0) is 20.9. The lowest BCUT2D eigenvalue weighted by Gasteiger charge is -2.48. The summed E-state index contributed by atoms with van der Waals surface area (Å²) in [7, 11) is 4.08. The van der Waals surface area contributed by atoms with E-state index < -0.39 is 0 Å². The Morgan fingerprint density at radius 3 is 2.31 bits per heavy atom. The minimum absolute atomic E-state index is 0.0637. The van der Waals surface area contributed by atoms with Crippen LogP contribution in [-0.2, 0) is 19.9 Å². The number of hydrogen-bond donors (Lipinski definition) is 1. The molecule has 4 heteroatoms. The number of hydrogen-bond acceptors (Lipinski definition) is 2. The second-order valence-electron chi connectivity index (χ2n) is 8.05. The summed E-state index contributed by atoms with van der Waals surface area (Å²) in [6.07, 6.45) is 8.13. The summed E-state index contributed by atoms with van der Waals surface area (Å²) in [5, 5.41) is 0. The van der Waals surface area contributed by atoms with Gasteiger partial charge in [-0.15, -0.1) is 0 Å². The fourth-order valence-electron chi connectivity index (χ4n) is 4.73. The monoisotopic (exact) mass is 393 g/mol. The Bertz CT molecular complexity index is 987. The Labute approximate surface area is 174 Å². The second-order valence-corrected chi connectivity index (χ2v) is 8.05. The lowest BCUT2D eigenvalue weighted by atomic mass is 9.72. The number of para-hydroxylation sites is 2. The molecule has 1 saturated heterocycles. The summed E-state index contributed by atoms with van der Waals surface area (Å²) in [5.74, 6) is 0. The number of nitrogens with zero attached hydrogens (tertiary/aromatic N) is 2. The van der Waals surface area contributed by atoms with Crippen molar-refractivity contribution >= 4 is 11.0 Å². The first-order valence-corrected chi connectivity index (χ1v) is 11.0. The van der Waals surface area contributed by atoms with Crippen LogP contribution in [0, 0.1) is 0 Å². The Hall–Kier alpha value is -2.33. The summed E-state index contributed by atoms with van der Waals surface area (Å²) in [6.45, 7) is 5.29. The summed E-state index contributed by atoms with van der Waals surface area (Å²) in [6, 6.07) is 16.6. The van der Waals surface area contributed by atoms with Gasteiger partial charge in [0.25, 0.3) is 0 Å². The quantitative estimate of drug-likeness (QED) is 0.589. The van der Waals surface area contributed by atoms with Crippen LogP contribution in [0.2, 0.25) is 0 Å². The molecule has 1 aromatic heterocycles. The van der Waals surface area contributed by atoms with Gasteiger partial charge in [0, 0.05) is 12.6 Å². The zero-order valence-corrected chi connectivity index (χ0v) is 18.4. The zero-order valence-electron chi connectivity index (χ0n) is 18.4. The van der Waals surface area contributed by atoms with Crippen molar-refractivity contribution in [2.45, 2.75) is 57.9 Å². The maximum atomic E-state index is 11.0. The first kappa shape index (κ1) is 21.4. The molecule has 4 nitrogen and oxygen atoms in total. The lowest BCUT2D eigenvalue weighted by Crippen LogP contribution is -2.53. The van der Waals surface area contributed by atoms with Crippen LogP contribution in [0.5, 0.6) is 0 Å². The molecule has 29 heavy (non-hydrogen) atoms. The van der Waals surface area contributed by atoms with Gasteiger partial charge in [-0.25, -0.2) is 4.79 Å². The van der Waals surface area contributed by atoms with Crippen molar-refractivity contribution in [1.29, 1.82) is 0 Å². The van der Waals surface area contributed by atoms with E-state index in [-0.39, 0.29) is 5.69 Å². The Balaban J connectivity index is 0.000000162. The third-order valence-corrected chi connectivity index (χ3v) is 6.50. The van der Waals surface area contributed by atoms with Crippen molar-refractivity contribution in [2.75, 3.05) is 13.6 Å². The first-order chi connectivity index (χ1) is 14.1. The molecule has 2 aromatic carbocycles. The molecule has 3 aromatic rings. The number of H-pyrrole nitrogens is 1.